The molecule has 1 amide bonds. The second kappa shape index (κ2) is 8.64. The van der Waals surface area contributed by atoms with Gasteiger partial charge in [0, 0.05) is 11.1 Å². The molecule has 2 aromatic rings. The highest BCUT2D eigenvalue weighted by Crippen LogP contribution is 2.29. The normalized spacial score (nSPS) is 15.3. The Morgan fingerprint density at radius 2 is 2.04 bits per heavy atom. The van der Waals surface area contributed by atoms with Gasteiger partial charge in [-0.1, -0.05) is 24.4 Å². The summed E-state index contributed by atoms with van der Waals surface area (Å²) in [7, 11) is 0. The topological polar surface area (TPSA) is 68.3 Å². The van der Waals surface area contributed by atoms with E-state index in [1.807, 2.05) is 6.07 Å². The fraction of sp³-hybridized carbons (Fsp3) is 0.421. The smallest absolute Gasteiger partial charge is 0.349 e. The summed E-state index contributed by atoms with van der Waals surface area (Å²) < 4.78 is 5.35. The molecule has 0 aromatic carbocycles. The third kappa shape index (κ3) is 4.62. The molecule has 0 saturated carbocycles. The molecule has 0 fully saturated rings. The number of nitrogens with one attached hydrogen (secondary N) is 1. The minimum Gasteiger partial charge on any atom is -0.448 e. The van der Waals surface area contributed by atoms with Gasteiger partial charge in [-0.25, -0.2) is 9.78 Å². The number of pyridine rings is 1. The molecule has 5 nitrogen and oxygen atoms in total. The maximum Gasteiger partial charge on any atom is 0.349 e. The molecule has 26 heavy (non-hydrogen) atoms. The van der Waals surface area contributed by atoms with Crippen LogP contribution in [0.2, 0.25) is 5.15 Å². The number of carbonyl (C=O) groups excluding carboxylic acids is 2. The number of anilines is 1. The third-order valence-electron chi connectivity index (χ3n) is 4.37. The number of thiophene rings is 1. The van der Waals surface area contributed by atoms with E-state index in [1.54, 1.807) is 19.1 Å². The zero-order valence-electron chi connectivity index (χ0n) is 14.6. The lowest BCUT2D eigenvalue weighted by Crippen LogP contribution is -2.30. The maximum absolute atomic E-state index is 12.4. The average molecular weight is 393 g/mol. The molecule has 7 heteroatoms. The minimum absolute atomic E-state index is 0.192. The lowest BCUT2D eigenvalue weighted by atomic mass is 10.00. The molecule has 0 unspecified atom stereocenters. The standard InChI is InChI=1S/C19H21ClN2O3S/c1-12(18(23)22-14-8-6-10-21-17(14)20)25-19(24)16-11-13-7-4-2-3-5-9-15(13)26-16/h6,8,10-12H,2-5,7,9H2,1H3,(H,22,23)/t12-/m0/s1. The molecule has 0 spiro atoms. The van der Waals surface area contributed by atoms with Crippen molar-refractivity contribution >= 4 is 40.5 Å². The Labute approximate surface area is 161 Å². The van der Waals surface area contributed by atoms with Gasteiger partial charge in [-0.3, -0.25) is 4.79 Å². The number of fused-ring (bicyclic) bond motifs is 1. The molecule has 0 bridgehead atoms. The number of aromatic nitrogens is 1. The van der Waals surface area contributed by atoms with Crippen LogP contribution in [0.15, 0.2) is 24.4 Å². The van der Waals surface area contributed by atoms with Crippen LogP contribution in [-0.4, -0.2) is 23.0 Å². The Hall–Kier alpha value is -1.92. The monoisotopic (exact) mass is 392 g/mol. The van der Waals surface area contributed by atoms with E-state index in [-0.39, 0.29) is 5.15 Å². The highest BCUT2D eigenvalue weighted by molar-refractivity contribution is 7.14. The molecule has 3 rings (SSSR count). The van der Waals surface area contributed by atoms with Crippen LogP contribution in [0, 0.1) is 0 Å². The fourth-order valence-corrected chi connectivity index (χ4v) is 4.23. The first-order valence-electron chi connectivity index (χ1n) is 8.78. The number of hydrogen-bond donors (Lipinski definition) is 1. The van der Waals surface area contributed by atoms with Gasteiger partial charge >= 0.3 is 5.97 Å². The van der Waals surface area contributed by atoms with Crippen LogP contribution >= 0.6 is 22.9 Å². The van der Waals surface area contributed by atoms with E-state index in [0.29, 0.717) is 10.6 Å². The Morgan fingerprint density at radius 1 is 1.27 bits per heavy atom. The van der Waals surface area contributed by atoms with E-state index in [9.17, 15) is 9.59 Å². The highest BCUT2D eigenvalue weighted by atomic mass is 35.5. The zero-order valence-corrected chi connectivity index (χ0v) is 16.2. The lowest BCUT2D eigenvalue weighted by molar-refractivity contribution is -0.123. The maximum atomic E-state index is 12.4. The van der Waals surface area contributed by atoms with Crippen LogP contribution in [0.25, 0.3) is 0 Å². The summed E-state index contributed by atoms with van der Waals surface area (Å²) in [6, 6.07) is 5.23. The summed E-state index contributed by atoms with van der Waals surface area (Å²) in [6.07, 6.45) is 7.43. The van der Waals surface area contributed by atoms with Crippen molar-refractivity contribution in [1.82, 2.24) is 4.98 Å². The van der Waals surface area contributed by atoms with Gasteiger partial charge in [0.1, 0.15) is 4.88 Å². The molecule has 1 N–H and O–H groups in total. The second-order valence-corrected chi connectivity index (χ2v) is 7.85. The Kier molecular flexibility index (Phi) is 6.27. The van der Waals surface area contributed by atoms with Crippen molar-refractivity contribution in [2.75, 3.05) is 5.32 Å². The number of rotatable bonds is 4. The van der Waals surface area contributed by atoms with Crippen LogP contribution in [0.5, 0.6) is 0 Å². The molecule has 2 aromatic heterocycles. The summed E-state index contributed by atoms with van der Waals surface area (Å²) in [5.41, 5.74) is 1.64. The number of esters is 1. The predicted octanol–water partition coefficient (Wildman–Crippen LogP) is 4.64. The van der Waals surface area contributed by atoms with Crippen molar-refractivity contribution in [3.8, 4) is 0 Å². The number of hydrogen-bond acceptors (Lipinski definition) is 5. The molecule has 1 aliphatic rings. The molecule has 0 aliphatic heterocycles. The van der Waals surface area contributed by atoms with Crippen molar-refractivity contribution in [2.24, 2.45) is 0 Å². The van der Waals surface area contributed by atoms with E-state index in [4.69, 9.17) is 16.3 Å². The van der Waals surface area contributed by atoms with Gasteiger partial charge in [0.25, 0.3) is 5.91 Å². The molecular weight excluding hydrogens is 372 g/mol. The number of nitrogens with zero attached hydrogens (tertiary/aromatic N) is 1. The van der Waals surface area contributed by atoms with Gasteiger partial charge in [-0.2, -0.15) is 0 Å². The Morgan fingerprint density at radius 3 is 2.81 bits per heavy atom. The summed E-state index contributed by atoms with van der Waals surface area (Å²) in [4.78, 5) is 30.4. The van der Waals surface area contributed by atoms with Crippen LogP contribution in [0.4, 0.5) is 5.69 Å². The molecule has 0 radical (unpaired) electrons. The second-order valence-electron chi connectivity index (χ2n) is 6.35. The number of halogens is 1. The molecule has 1 atom stereocenters. The summed E-state index contributed by atoms with van der Waals surface area (Å²) in [6.45, 7) is 1.54. The summed E-state index contributed by atoms with van der Waals surface area (Å²) in [5, 5.41) is 2.82. The largest absolute Gasteiger partial charge is 0.448 e. The molecular formula is C19H21ClN2O3S. The van der Waals surface area contributed by atoms with Crippen molar-refractivity contribution in [3.63, 3.8) is 0 Å². The van der Waals surface area contributed by atoms with E-state index < -0.39 is 18.0 Å². The summed E-state index contributed by atoms with van der Waals surface area (Å²) in [5.74, 6) is -0.898. The lowest BCUT2D eigenvalue weighted by Gasteiger charge is -2.13. The van der Waals surface area contributed by atoms with E-state index >= 15 is 0 Å². The zero-order chi connectivity index (χ0) is 18.5. The molecule has 0 saturated heterocycles. The van der Waals surface area contributed by atoms with Crippen molar-refractivity contribution in [2.45, 2.75) is 51.6 Å². The van der Waals surface area contributed by atoms with Crippen molar-refractivity contribution < 1.29 is 14.3 Å². The number of aryl methyl sites for hydroxylation is 2. The van der Waals surface area contributed by atoms with Crippen LogP contribution < -0.4 is 5.32 Å². The quantitative estimate of drug-likeness (QED) is 0.608. The van der Waals surface area contributed by atoms with Crippen LogP contribution in [0.1, 0.15) is 52.7 Å². The summed E-state index contributed by atoms with van der Waals surface area (Å²) >= 11 is 7.42. The average Bonchev–Trinajstić information content (AvgIpc) is 2.99. The number of amides is 1. The van der Waals surface area contributed by atoms with E-state index in [1.165, 1.54) is 40.8 Å². The van der Waals surface area contributed by atoms with Crippen LogP contribution in [0.3, 0.4) is 0 Å². The van der Waals surface area contributed by atoms with Gasteiger partial charge in [-0.05, 0) is 56.4 Å². The Balaban J connectivity index is 1.63. The minimum atomic E-state index is -0.927. The highest BCUT2D eigenvalue weighted by Gasteiger charge is 2.22. The van der Waals surface area contributed by atoms with E-state index in [2.05, 4.69) is 10.3 Å². The van der Waals surface area contributed by atoms with Gasteiger partial charge in [0.15, 0.2) is 11.3 Å². The van der Waals surface area contributed by atoms with E-state index in [0.717, 1.165) is 25.7 Å². The molecule has 138 valence electrons. The molecule has 1 aliphatic carbocycles. The van der Waals surface area contributed by atoms with Crippen LogP contribution in [-0.2, 0) is 22.4 Å². The fourth-order valence-electron chi connectivity index (χ4n) is 2.93. The third-order valence-corrected chi connectivity index (χ3v) is 5.89. The number of ether oxygens (including phenoxy) is 1. The first-order chi connectivity index (χ1) is 12.5. The van der Waals surface area contributed by atoms with Gasteiger partial charge in [0.2, 0.25) is 0 Å². The van der Waals surface area contributed by atoms with Gasteiger partial charge in [0.05, 0.1) is 5.69 Å². The van der Waals surface area contributed by atoms with Gasteiger partial charge in [-0.15, -0.1) is 11.3 Å². The Bertz CT molecular complexity index is 780. The first-order valence-corrected chi connectivity index (χ1v) is 9.98. The van der Waals surface area contributed by atoms with Crippen molar-refractivity contribution in [3.05, 3.63) is 44.9 Å². The first kappa shape index (κ1) is 18.9. The SMILES string of the molecule is C[C@H](OC(=O)c1cc2c(s1)CCCCCC2)C(=O)Nc1cccnc1Cl. The predicted molar refractivity (Wildman–Crippen MR) is 103 cm³/mol. The van der Waals surface area contributed by atoms with Crippen molar-refractivity contribution in [1.29, 1.82) is 0 Å². The molecule has 2 heterocycles. The number of carbonyl (C=O) groups is 2. The van der Waals surface area contributed by atoms with Gasteiger partial charge < -0.3 is 10.1 Å².